The van der Waals surface area contributed by atoms with Crippen LogP contribution in [0.2, 0.25) is 0 Å². The topological polar surface area (TPSA) is 51.8 Å². The van der Waals surface area contributed by atoms with Gasteiger partial charge in [-0.2, -0.15) is 13.2 Å². The number of anilines is 1. The van der Waals surface area contributed by atoms with Crippen LogP contribution in [0.3, 0.4) is 0 Å². The highest BCUT2D eigenvalue weighted by Crippen LogP contribution is 2.59. The van der Waals surface area contributed by atoms with E-state index < -0.39 is 11.6 Å². The Bertz CT molecular complexity index is 625. The normalized spacial score (nSPS) is 17.7. The second-order valence-corrected chi connectivity index (χ2v) is 6.47. The molecule has 0 atom stereocenters. The van der Waals surface area contributed by atoms with Crippen molar-refractivity contribution in [1.29, 1.82) is 0 Å². The lowest BCUT2D eigenvalue weighted by Crippen LogP contribution is -2.28. The van der Waals surface area contributed by atoms with Gasteiger partial charge in [-0.15, -0.1) is 11.3 Å². The van der Waals surface area contributed by atoms with E-state index in [2.05, 4.69) is 9.97 Å². The fourth-order valence-electron chi connectivity index (χ4n) is 2.00. The van der Waals surface area contributed by atoms with Gasteiger partial charge in [-0.05, 0) is 19.8 Å². The molecule has 8 heteroatoms. The molecule has 0 unspecified atom stereocenters. The van der Waals surface area contributed by atoms with Gasteiger partial charge in [0.15, 0.2) is 5.13 Å². The van der Waals surface area contributed by atoms with Crippen molar-refractivity contribution in [2.75, 3.05) is 5.73 Å². The number of aryl methyl sites for hydroxylation is 1. The summed E-state index contributed by atoms with van der Waals surface area (Å²) >= 11 is 2.31. The lowest BCUT2D eigenvalue weighted by atomic mass is 10.1. The Morgan fingerprint density at radius 1 is 1.32 bits per heavy atom. The third-order valence-corrected chi connectivity index (χ3v) is 5.31. The summed E-state index contributed by atoms with van der Waals surface area (Å²) in [5.74, 6) is 0. The van der Waals surface area contributed by atoms with E-state index in [-0.39, 0.29) is 17.8 Å². The van der Waals surface area contributed by atoms with E-state index in [9.17, 15) is 13.2 Å². The zero-order valence-corrected chi connectivity index (χ0v) is 11.5. The van der Waals surface area contributed by atoms with Gasteiger partial charge < -0.3 is 5.73 Å². The molecular formula is C11H10F3N3S2. The van der Waals surface area contributed by atoms with E-state index in [4.69, 9.17) is 5.73 Å². The van der Waals surface area contributed by atoms with Gasteiger partial charge in [0.25, 0.3) is 0 Å². The number of thiazole rings is 2. The molecule has 0 aromatic carbocycles. The quantitative estimate of drug-likeness (QED) is 0.919. The van der Waals surface area contributed by atoms with Gasteiger partial charge in [-0.3, -0.25) is 0 Å². The Kier molecular flexibility index (Phi) is 2.66. The number of aromatic nitrogens is 2. The molecule has 1 fully saturated rings. The lowest BCUT2D eigenvalue weighted by Gasteiger charge is -2.15. The first kappa shape index (κ1) is 12.9. The van der Waals surface area contributed by atoms with Crippen molar-refractivity contribution < 1.29 is 13.2 Å². The van der Waals surface area contributed by atoms with Crippen molar-refractivity contribution in [2.45, 2.75) is 31.4 Å². The van der Waals surface area contributed by atoms with Gasteiger partial charge in [0.1, 0.15) is 10.4 Å². The van der Waals surface area contributed by atoms with Crippen molar-refractivity contribution >= 4 is 27.8 Å². The minimum absolute atomic E-state index is 0.132. The molecule has 2 aromatic heterocycles. The van der Waals surface area contributed by atoms with Gasteiger partial charge in [0, 0.05) is 5.38 Å². The average Bonchev–Trinajstić information content (AvgIpc) is 2.87. The molecule has 3 nitrogen and oxygen atoms in total. The first-order valence-corrected chi connectivity index (χ1v) is 7.29. The van der Waals surface area contributed by atoms with E-state index in [1.54, 1.807) is 12.3 Å². The van der Waals surface area contributed by atoms with Crippen LogP contribution in [0.15, 0.2) is 5.38 Å². The summed E-state index contributed by atoms with van der Waals surface area (Å²) in [7, 11) is 0. The highest BCUT2D eigenvalue weighted by Gasteiger charge is 2.66. The number of hydrogen-bond acceptors (Lipinski definition) is 5. The Hall–Kier alpha value is -1.15. The van der Waals surface area contributed by atoms with Crippen molar-refractivity contribution in [3.05, 3.63) is 16.1 Å². The number of alkyl halides is 3. The summed E-state index contributed by atoms with van der Waals surface area (Å²) in [6.45, 7) is 1.78. The Labute approximate surface area is 115 Å². The largest absolute Gasteiger partial charge is 0.400 e. The van der Waals surface area contributed by atoms with E-state index in [1.807, 2.05) is 0 Å². The first-order chi connectivity index (χ1) is 8.83. The fraction of sp³-hybridized carbons (Fsp3) is 0.455. The third-order valence-electron chi connectivity index (χ3n) is 3.25. The van der Waals surface area contributed by atoms with E-state index in [1.165, 1.54) is 11.3 Å². The molecule has 0 aliphatic heterocycles. The van der Waals surface area contributed by atoms with Crippen LogP contribution in [0.1, 0.15) is 23.5 Å². The molecule has 0 amide bonds. The highest BCUT2D eigenvalue weighted by atomic mass is 32.1. The maximum absolute atomic E-state index is 13.0. The van der Waals surface area contributed by atoms with Crippen LogP contribution in [-0.2, 0) is 5.41 Å². The number of nitrogen functional groups attached to an aromatic ring is 1. The van der Waals surface area contributed by atoms with Crippen molar-refractivity contribution in [1.82, 2.24) is 9.97 Å². The molecule has 0 spiro atoms. The highest BCUT2D eigenvalue weighted by molar-refractivity contribution is 7.19. The molecule has 0 bridgehead atoms. The maximum atomic E-state index is 13.0. The Balaban J connectivity index is 1.99. The van der Waals surface area contributed by atoms with Gasteiger partial charge in [0.2, 0.25) is 0 Å². The molecule has 19 heavy (non-hydrogen) atoms. The summed E-state index contributed by atoms with van der Waals surface area (Å²) in [6.07, 6.45) is -3.95. The van der Waals surface area contributed by atoms with E-state index in [0.29, 0.717) is 16.5 Å². The first-order valence-electron chi connectivity index (χ1n) is 5.59. The minimum Gasteiger partial charge on any atom is -0.375 e. The summed E-state index contributed by atoms with van der Waals surface area (Å²) in [4.78, 5) is 8.98. The van der Waals surface area contributed by atoms with Crippen LogP contribution in [0.25, 0.3) is 10.6 Å². The molecule has 3 rings (SSSR count). The molecule has 1 aliphatic rings. The van der Waals surface area contributed by atoms with Crippen LogP contribution >= 0.6 is 22.7 Å². The SMILES string of the molecule is Cc1nc(N)sc1-c1csc(C2(C(F)(F)F)CC2)n1. The Morgan fingerprint density at radius 2 is 2.00 bits per heavy atom. The predicted octanol–water partition coefficient (Wildman–Crippen LogP) is 3.75. The molecule has 102 valence electrons. The smallest absolute Gasteiger partial charge is 0.375 e. The van der Waals surface area contributed by atoms with Crippen LogP contribution in [0.4, 0.5) is 18.3 Å². The van der Waals surface area contributed by atoms with Gasteiger partial charge in [-0.25, -0.2) is 9.97 Å². The second kappa shape index (κ2) is 3.92. The van der Waals surface area contributed by atoms with Crippen molar-refractivity contribution in [2.24, 2.45) is 0 Å². The average molecular weight is 305 g/mol. The minimum atomic E-state index is -4.22. The molecular weight excluding hydrogens is 295 g/mol. The van der Waals surface area contributed by atoms with Crippen molar-refractivity contribution in [3.8, 4) is 10.6 Å². The van der Waals surface area contributed by atoms with Crippen LogP contribution in [0.5, 0.6) is 0 Å². The number of hydrogen-bond donors (Lipinski definition) is 1. The number of halogens is 3. The number of nitrogens with two attached hydrogens (primary N) is 1. The summed E-state index contributed by atoms with van der Waals surface area (Å²) < 4.78 is 39.0. The van der Waals surface area contributed by atoms with Crippen LogP contribution in [0, 0.1) is 6.92 Å². The molecule has 2 aromatic rings. The van der Waals surface area contributed by atoms with Crippen LogP contribution in [-0.4, -0.2) is 16.1 Å². The van der Waals surface area contributed by atoms with Gasteiger partial charge in [-0.1, -0.05) is 11.3 Å². The molecule has 0 radical (unpaired) electrons. The Morgan fingerprint density at radius 3 is 2.47 bits per heavy atom. The molecule has 1 aliphatic carbocycles. The second-order valence-electron chi connectivity index (χ2n) is 4.58. The van der Waals surface area contributed by atoms with Gasteiger partial charge >= 0.3 is 6.18 Å². The number of rotatable bonds is 2. The van der Waals surface area contributed by atoms with Crippen LogP contribution < -0.4 is 5.73 Å². The summed E-state index contributed by atoms with van der Waals surface area (Å²) in [6, 6.07) is 0. The van der Waals surface area contributed by atoms with E-state index in [0.717, 1.165) is 16.2 Å². The summed E-state index contributed by atoms with van der Waals surface area (Å²) in [5, 5.41) is 2.21. The fourth-order valence-corrected chi connectivity index (χ4v) is 3.96. The lowest BCUT2D eigenvalue weighted by molar-refractivity contribution is -0.160. The summed E-state index contributed by atoms with van der Waals surface area (Å²) in [5.41, 5.74) is 5.13. The molecule has 0 saturated heterocycles. The standard InChI is InChI=1S/C11H10F3N3S2/c1-5-7(19-9(15)16-5)6-4-18-8(17-6)10(2-3-10)11(12,13)14/h4H,2-3H2,1H3,(H2,15,16). The van der Waals surface area contributed by atoms with Gasteiger partial charge in [0.05, 0.1) is 16.3 Å². The maximum Gasteiger partial charge on any atom is 0.400 e. The molecule has 1 saturated carbocycles. The number of nitrogens with zero attached hydrogens (tertiary/aromatic N) is 2. The monoisotopic (exact) mass is 305 g/mol. The molecule has 2 N–H and O–H groups in total. The van der Waals surface area contributed by atoms with E-state index >= 15 is 0 Å². The zero-order chi connectivity index (χ0) is 13.8. The van der Waals surface area contributed by atoms with Crippen molar-refractivity contribution in [3.63, 3.8) is 0 Å². The zero-order valence-electron chi connectivity index (χ0n) is 9.91. The molecule has 2 heterocycles. The third kappa shape index (κ3) is 1.93. The predicted molar refractivity (Wildman–Crippen MR) is 69.3 cm³/mol.